The third-order valence-electron chi connectivity index (χ3n) is 1.55. The monoisotopic (exact) mass is 287 g/mol. The molecule has 0 unspecified atom stereocenters. The summed E-state index contributed by atoms with van der Waals surface area (Å²) in [5.41, 5.74) is 1.17. The highest BCUT2D eigenvalue weighted by atomic mass is 79.9. The van der Waals surface area contributed by atoms with E-state index in [0.717, 1.165) is 15.4 Å². The molecule has 0 bridgehead atoms. The van der Waals surface area contributed by atoms with Crippen LogP contribution in [0.4, 0.5) is 0 Å². The molecule has 0 aliphatic carbocycles. The van der Waals surface area contributed by atoms with Crippen LogP contribution in [0, 0.1) is 11.3 Å². The molecule has 1 aromatic carbocycles. The van der Waals surface area contributed by atoms with Gasteiger partial charge in [0.1, 0.15) is 0 Å². The second-order valence-corrected chi connectivity index (χ2v) is 4.07. The summed E-state index contributed by atoms with van der Waals surface area (Å²) in [4.78, 5) is 0. The third-order valence-corrected chi connectivity index (χ3v) is 3.03. The van der Waals surface area contributed by atoms with Gasteiger partial charge in [-0.1, -0.05) is 37.9 Å². The number of rotatable bonds is 2. The zero-order valence-electron chi connectivity index (χ0n) is 6.35. The summed E-state index contributed by atoms with van der Waals surface area (Å²) < 4.78 is 2.12. The molecule has 1 nitrogen and oxygen atoms in total. The molecule has 1 aromatic rings. The zero-order valence-corrected chi connectivity index (χ0v) is 9.52. The Bertz CT molecular complexity index is 295. The second-order valence-electron chi connectivity index (χ2n) is 2.36. The first-order valence-electron chi connectivity index (χ1n) is 3.55. The van der Waals surface area contributed by atoms with Crippen LogP contribution in [0.15, 0.2) is 27.1 Å². The predicted molar refractivity (Wildman–Crippen MR) is 55.8 cm³/mol. The van der Waals surface area contributed by atoms with Gasteiger partial charge in [0.05, 0.1) is 6.07 Å². The molecule has 0 aliphatic rings. The molecule has 0 aliphatic heterocycles. The Morgan fingerprint density at radius 3 is 2.33 bits per heavy atom. The number of nitriles is 1. The van der Waals surface area contributed by atoms with Gasteiger partial charge in [-0.25, -0.2) is 0 Å². The maximum absolute atomic E-state index is 8.43. The fraction of sp³-hybridized carbons (Fsp3) is 0.222. The molecule has 0 saturated carbocycles. The van der Waals surface area contributed by atoms with Crippen LogP contribution in [0.5, 0.6) is 0 Å². The fourth-order valence-corrected chi connectivity index (χ4v) is 2.35. The van der Waals surface area contributed by atoms with Crippen molar-refractivity contribution in [1.82, 2.24) is 0 Å². The van der Waals surface area contributed by atoms with Crippen LogP contribution >= 0.6 is 31.9 Å². The molecule has 0 atom stereocenters. The van der Waals surface area contributed by atoms with E-state index >= 15 is 0 Å². The van der Waals surface area contributed by atoms with E-state index in [1.54, 1.807) is 0 Å². The van der Waals surface area contributed by atoms with Crippen LogP contribution in [-0.4, -0.2) is 0 Å². The number of benzene rings is 1. The van der Waals surface area contributed by atoms with E-state index in [4.69, 9.17) is 5.26 Å². The van der Waals surface area contributed by atoms with E-state index in [0.29, 0.717) is 6.42 Å². The number of nitrogens with zero attached hydrogens (tertiary/aromatic N) is 1. The average molecular weight is 289 g/mol. The van der Waals surface area contributed by atoms with Crippen LogP contribution in [0.1, 0.15) is 12.0 Å². The predicted octanol–water partition coefficient (Wildman–Crippen LogP) is 3.67. The minimum Gasteiger partial charge on any atom is -0.198 e. The number of hydrogen-bond acceptors (Lipinski definition) is 1. The molecule has 12 heavy (non-hydrogen) atoms. The maximum atomic E-state index is 8.43. The molecular formula is C9H7Br2N. The molecule has 0 heterocycles. The van der Waals surface area contributed by atoms with Crippen LogP contribution in [0.3, 0.4) is 0 Å². The van der Waals surface area contributed by atoms with Gasteiger partial charge in [-0.2, -0.15) is 5.26 Å². The van der Waals surface area contributed by atoms with Crippen molar-refractivity contribution in [3.8, 4) is 6.07 Å². The largest absolute Gasteiger partial charge is 0.198 e. The Morgan fingerprint density at radius 2 is 1.83 bits per heavy atom. The maximum Gasteiger partial charge on any atom is 0.0625 e. The summed E-state index contributed by atoms with van der Waals surface area (Å²) in [5.74, 6) is 0. The van der Waals surface area contributed by atoms with E-state index in [1.807, 2.05) is 18.2 Å². The Balaban J connectivity index is 2.90. The lowest BCUT2D eigenvalue weighted by molar-refractivity contribution is 0.996. The molecule has 0 radical (unpaired) electrons. The molecule has 1 rings (SSSR count). The first-order chi connectivity index (χ1) is 5.75. The Hall–Kier alpha value is -0.330. The van der Waals surface area contributed by atoms with Crippen molar-refractivity contribution in [3.63, 3.8) is 0 Å². The van der Waals surface area contributed by atoms with Gasteiger partial charge < -0.3 is 0 Å². The lowest BCUT2D eigenvalue weighted by atomic mass is 10.1. The minimum absolute atomic E-state index is 0.557. The van der Waals surface area contributed by atoms with Crippen molar-refractivity contribution in [2.75, 3.05) is 0 Å². The van der Waals surface area contributed by atoms with E-state index in [9.17, 15) is 0 Å². The van der Waals surface area contributed by atoms with Crippen molar-refractivity contribution in [2.24, 2.45) is 0 Å². The molecule has 0 amide bonds. The van der Waals surface area contributed by atoms with Crippen molar-refractivity contribution >= 4 is 31.9 Å². The van der Waals surface area contributed by atoms with Gasteiger partial charge >= 0.3 is 0 Å². The molecule has 0 aromatic heterocycles. The smallest absolute Gasteiger partial charge is 0.0625 e. The van der Waals surface area contributed by atoms with Crippen LogP contribution in [0.2, 0.25) is 0 Å². The Morgan fingerprint density at radius 1 is 1.25 bits per heavy atom. The lowest BCUT2D eigenvalue weighted by Gasteiger charge is -2.03. The molecule has 3 heteroatoms. The quantitative estimate of drug-likeness (QED) is 0.815. The zero-order chi connectivity index (χ0) is 8.97. The van der Waals surface area contributed by atoms with Crippen molar-refractivity contribution in [1.29, 1.82) is 5.26 Å². The van der Waals surface area contributed by atoms with Gasteiger partial charge in [0.2, 0.25) is 0 Å². The highest BCUT2D eigenvalue weighted by Crippen LogP contribution is 2.25. The summed E-state index contributed by atoms with van der Waals surface area (Å²) in [5, 5.41) is 8.43. The third kappa shape index (κ3) is 2.33. The molecule has 62 valence electrons. The van der Waals surface area contributed by atoms with Gasteiger partial charge in [-0.3, -0.25) is 0 Å². The van der Waals surface area contributed by atoms with Crippen molar-refractivity contribution in [2.45, 2.75) is 12.8 Å². The summed E-state index contributed by atoms with van der Waals surface area (Å²) in [7, 11) is 0. The van der Waals surface area contributed by atoms with Crippen molar-refractivity contribution < 1.29 is 0 Å². The Kier molecular flexibility index (Phi) is 3.77. The summed E-state index contributed by atoms with van der Waals surface area (Å²) >= 11 is 6.88. The summed E-state index contributed by atoms with van der Waals surface area (Å²) in [6.07, 6.45) is 1.35. The SMILES string of the molecule is N#CCCc1c(Br)cccc1Br. The first-order valence-corrected chi connectivity index (χ1v) is 5.14. The molecule has 0 fully saturated rings. The van der Waals surface area contributed by atoms with Gasteiger partial charge in [0, 0.05) is 15.4 Å². The molecule has 0 N–H and O–H groups in total. The van der Waals surface area contributed by atoms with Crippen molar-refractivity contribution in [3.05, 3.63) is 32.7 Å². The van der Waals surface area contributed by atoms with E-state index in [2.05, 4.69) is 37.9 Å². The highest BCUT2D eigenvalue weighted by Gasteiger charge is 2.02. The summed E-state index contributed by atoms with van der Waals surface area (Å²) in [6.45, 7) is 0. The Labute approximate surface area is 88.7 Å². The topological polar surface area (TPSA) is 23.8 Å². The van der Waals surface area contributed by atoms with Gasteiger partial charge in [0.25, 0.3) is 0 Å². The number of hydrogen-bond donors (Lipinski definition) is 0. The second kappa shape index (κ2) is 4.64. The van der Waals surface area contributed by atoms with E-state index in [-0.39, 0.29) is 0 Å². The van der Waals surface area contributed by atoms with Gasteiger partial charge in [-0.05, 0) is 24.1 Å². The van der Waals surface area contributed by atoms with Gasteiger partial charge in [-0.15, -0.1) is 0 Å². The van der Waals surface area contributed by atoms with E-state index in [1.165, 1.54) is 5.56 Å². The normalized spacial score (nSPS) is 9.42. The standard InChI is InChI=1S/C9H7Br2N/c10-8-4-1-5-9(11)7(8)3-2-6-12/h1,4-5H,2-3H2. The molecule has 0 saturated heterocycles. The number of halogens is 2. The molecular weight excluding hydrogens is 282 g/mol. The summed E-state index contributed by atoms with van der Waals surface area (Å²) in [6, 6.07) is 8.06. The minimum atomic E-state index is 0.557. The lowest BCUT2D eigenvalue weighted by Crippen LogP contribution is -1.87. The van der Waals surface area contributed by atoms with Gasteiger partial charge in [0.15, 0.2) is 0 Å². The van der Waals surface area contributed by atoms with Crippen LogP contribution in [0.25, 0.3) is 0 Å². The average Bonchev–Trinajstić information content (AvgIpc) is 2.04. The molecule has 0 spiro atoms. The van der Waals surface area contributed by atoms with E-state index < -0.39 is 0 Å². The van der Waals surface area contributed by atoms with Crippen LogP contribution < -0.4 is 0 Å². The highest BCUT2D eigenvalue weighted by molar-refractivity contribution is 9.11. The fourth-order valence-electron chi connectivity index (χ4n) is 0.952. The van der Waals surface area contributed by atoms with Crippen LogP contribution in [-0.2, 0) is 6.42 Å². The first kappa shape index (κ1) is 9.76.